The van der Waals surface area contributed by atoms with E-state index in [1.807, 2.05) is 0 Å². The average Bonchev–Trinajstić information content (AvgIpc) is 1.62. The van der Waals surface area contributed by atoms with E-state index < -0.39 is 36.4 Å². The van der Waals surface area contributed by atoms with Crippen LogP contribution in [0.4, 0.5) is 0 Å². The molecule has 0 fully saturated rings. The Bertz CT molecular complexity index is 448. The fourth-order valence-corrected chi connectivity index (χ4v) is 0. The maximum Gasteiger partial charge on any atom is 2.00 e. The summed E-state index contributed by atoms with van der Waals surface area (Å²) in [6.45, 7) is 0. The number of rotatable bonds is 0. The second-order valence-corrected chi connectivity index (χ2v) is 5.77. The van der Waals surface area contributed by atoms with Crippen LogP contribution in [0.25, 0.3) is 0 Å². The summed E-state index contributed by atoms with van der Waals surface area (Å²) in [6.07, 6.45) is 0. The van der Waals surface area contributed by atoms with Gasteiger partial charge in [0.25, 0.3) is 0 Å². The minimum absolute atomic E-state index is 0. The molecule has 0 aliphatic carbocycles. The van der Waals surface area contributed by atoms with Crippen LogP contribution in [-0.2, 0) is 40.9 Å². The van der Waals surface area contributed by atoms with Crippen molar-refractivity contribution >= 4 is 198 Å². The van der Waals surface area contributed by atoms with E-state index in [4.69, 9.17) is 73.5 Å². The van der Waals surface area contributed by atoms with Crippen molar-refractivity contribution in [2.45, 2.75) is 0 Å². The molecule has 18 nitrogen and oxygen atoms in total. The topological polar surface area (TPSA) is 362 Å². The molecule has 0 aliphatic rings. The molecular formula is H10Mg7O18P2S2+10. The summed E-state index contributed by atoms with van der Waals surface area (Å²) in [5.74, 6) is 0. The van der Waals surface area contributed by atoms with Crippen molar-refractivity contribution in [3.63, 3.8) is 0 Å². The Morgan fingerprint density at radius 2 is 0.414 bits per heavy atom. The molecule has 0 atom stereocenters. The molecule has 0 aromatic rings. The fourth-order valence-electron chi connectivity index (χ4n) is 0. The summed E-state index contributed by atoms with van der Waals surface area (Å²) in [4.78, 5) is 43.1. The molecule has 29 heavy (non-hydrogen) atoms. The predicted octanol–water partition coefficient (Wildman–Crippen LogP) is -6.07. The smallest absolute Gasteiger partial charge is 2.00 e. The predicted molar refractivity (Wildman–Crippen MR) is 98.5 cm³/mol. The zero-order chi connectivity index (χ0) is 18.0. The van der Waals surface area contributed by atoms with Crippen molar-refractivity contribution in [3.8, 4) is 0 Å². The van der Waals surface area contributed by atoms with Gasteiger partial charge in [-0.2, -0.15) is 16.8 Å². The van der Waals surface area contributed by atoms with Gasteiger partial charge in [0.1, 0.15) is 0 Å². The Kier molecular flexibility index (Phi) is 117. The third kappa shape index (κ3) is 1180. The summed E-state index contributed by atoms with van der Waals surface area (Å²) < 4.78 is 80.9. The first-order valence-electron chi connectivity index (χ1n) is 2.96. The molecule has 0 aromatic heterocycles. The number of hydrogen-bond acceptors (Lipinski definition) is 6. The molecule has 29 heteroatoms. The van der Waals surface area contributed by atoms with Crippen molar-refractivity contribution in [1.82, 2.24) is 0 Å². The average molecular weight is 594 g/mol. The van der Waals surface area contributed by atoms with Gasteiger partial charge in [0.2, 0.25) is 0 Å². The zero-order valence-corrected chi connectivity index (χ0v) is 27.7. The van der Waals surface area contributed by atoms with Crippen LogP contribution >= 0.6 is 15.6 Å². The van der Waals surface area contributed by atoms with Gasteiger partial charge in [-0.05, 0) is 0 Å². The maximum atomic E-state index is 8.88. The van der Waals surface area contributed by atoms with Crippen molar-refractivity contribution in [2.75, 3.05) is 0 Å². The summed E-state index contributed by atoms with van der Waals surface area (Å²) in [7, 11) is -18.6. The Labute approximate surface area is 277 Å². The van der Waals surface area contributed by atoms with Gasteiger partial charge in [-0.15, -0.1) is 0 Å². The maximum absolute atomic E-state index is 8.88. The molecule has 0 spiro atoms. The van der Waals surface area contributed by atoms with Crippen LogP contribution in [0.5, 0.6) is 0 Å². The summed E-state index contributed by atoms with van der Waals surface area (Å²) in [5, 5.41) is 0. The van der Waals surface area contributed by atoms with Crippen LogP contribution < -0.4 is 0 Å². The first kappa shape index (κ1) is 83.9. The molecule has 0 saturated carbocycles. The second kappa shape index (κ2) is 40.4. The van der Waals surface area contributed by atoms with Gasteiger partial charge in [-0.25, -0.2) is 9.13 Å². The van der Waals surface area contributed by atoms with Gasteiger partial charge >= 0.3 is 198 Å². The number of phosphoric acid groups is 2. The van der Waals surface area contributed by atoms with E-state index in [9.17, 15) is 0 Å². The van der Waals surface area contributed by atoms with E-state index in [1.165, 1.54) is 0 Å². The molecule has 10 N–H and O–H groups in total. The molecule has 0 aliphatic heterocycles. The summed E-state index contributed by atoms with van der Waals surface area (Å²) >= 11 is 0. The van der Waals surface area contributed by atoms with E-state index >= 15 is 0 Å². The van der Waals surface area contributed by atoms with Crippen LogP contribution in [0.15, 0.2) is 0 Å². The zero-order valence-electron chi connectivity index (χ0n) is 14.4. The van der Waals surface area contributed by atoms with Crippen molar-refractivity contribution in [2.24, 2.45) is 0 Å². The first-order chi connectivity index (χ1) is 8.00. The Balaban J connectivity index is -0.00000000970. The largest absolute Gasteiger partial charge is 2.00 e. The quantitative estimate of drug-likeness (QED) is 0.0708. The van der Waals surface area contributed by atoms with Crippen molar-refractivity contribution in [1.29, 1.82) is 0 Å². The molecule has 0 heterocycles. The van der Waals surface area contributed by atoms with Gasteiger partial charge in [0.05, 0.1) is 0 Å². The van der Waals surface area contributed by atoms with Gasteiger partial charge in [0, 0.05) is 0 Å². The molecule has 0 saturated heterocycles. The minimum atomic E-state index is -4.67. The monoisotopic (exact) mass is 592 g/mol. The van der Waals surface area contributed by atoms with Crippen LogP contribution in [0.1, 0.15) is 0 Å². The SMILES string of the molecule is O=P(O)(O)O.O=P(O)(O)O.O=S(=O)(O)O.O=S(=O)(O)O.[Mg+2].[Mg+2].[Mg+2].[Mg+2].[Mg+2].[Mg+2].[Mg+2].[O-2].[O-2]. The standard InChI is InChI=1S/7Mg.2H3O4P.2H2O4S.2O/c;;;;;;;4*1-5(2,3)4;;/h;;;;;;;2*(H3,1,2,3,4);2*(H2,1,2,3,4);;/q7*+2;;;;;2*-2. The Morgan fingerprint density at radius 1 is 0.414 bits per heavy atom. The van der Waals surface area contributed by atoms with Gasteiger partial charge in [0.15, 0.2) is 0 Å². The molecule has 0 unspecified atom stereocenters. The molecule has 0 radical (unpaired) electrons. The van der Waals surface area contributed by atoms with E-state index in [0.29, 0.717) is 0 Å². The second-order valence-electron chi connectivity index (χ2n) is 1.92. The van der Waals surface area contributed by atoms with E-state index in [-0.39, 0.29) is 172 Å². The van der Waals surface area contributed by atoms with Gasteiger partial charge in [-0.1, -0.05) is 0 Å². The molecule has 0 aromatic carbocycles. The molecule has 0 rings (SSSR count). The van der Waals surface area contributed by atoms with E-state index in [2.05, 4.69) is 0 Å². The van der Waals surface area contributed by atoms with E-state index in [1.54, 1.807) is 0 Å². The third-order valence-electron chi connectivity index (χ3n) is 0. The van der Waals surface area contributed by atoms with Crippen LogP contribution in [0.2, 0.25) is 0 Å². The first-order valence-corrected chi connectivity index (χ1v) is 8.89. The van der Waals surface area contributed by atoms with Crippen LogP contribution in [-0.4, -0.2) is 226 Å². The van der Waals surface area contributed by atoms with Gasteiger partial charge < -0.3 is 40.3 Å². The normalized spacial score (nSPS) is 8.07. The van der Waals surface area contributed by atoms with Crippen molar-refractivity contribution in [3.05, 3.63) is 0 Å². The van der Waals surface area contributed by atoms with Crippen LogP contribution in [0.3, 0.4) is 0 Å². The summed E-state index contributed by atoms with van der Waals surface area (Å²) in [5.41, 5.74) is 0. The Morgan fingerprint density at radius 3 is 0.414 bits per heavy atom. The molecular weight excluding hydrogens is 584 g/mol. The Hall–Kier alpha value is 5.24. The van der Waals surface area contributed by atoms with E-state index in [0.717, 1.165) is 0 Å². The molecule has 0 bridgehead atoms. The van der Waals surface area contributed by atoms with Crippen molar-refractivity contribution < 1.29 is 84.5 Å². The molecule has 0 amide bonds. The third-order valence-corrected chi connectivity index (χ3v) is 0. The fraction of sp³-hybridized carbons (Fsp3) is 0. The molecule has 144 valence electrons. The number of hydrogen-bond donors (Lipinski definition) is 10. The summed E-state index contributed by atoms with van der Waals surface area (Å²) in [6, 6.07) is 0. The van der Waals surface area contributed by atoms with Gasteiger partial charge in [-0.3, -0.25) is 18.2 Å². The minimum Gasteiger partial charge on any atom is -2.00 e. The van der Waals surface area contributed by atoms with Crippen LogP contribution in [0, 0.1) is 0 Å².